The Hall–Kier alpha value is -2.65. The fraction of sp³-hybridized carbons (Fsp3) is 0.207. The molecule has 1 aromatic heterocycles. The SMILES string of the molecule is CCSC(=S)N(c1ccc(C)cc1)c1nc(-c2ccccc2)[nH]c1N(C(=S)SCC)c1ccc(C)cc1. The van der Waals surface area contributed by atoms with Crippen LogP contribution in [0, 0.1) is 13.8 Å². The Morgan fingerprint density at radius 3 is 1.73 bits per heavy atom. The largest absolute Gasteiger partial charge is 0.322 e. The Morgan fingerprint density at radius 1 is 0.730 bits per heavy atom. The van der Waals surface area contributed by atoms with E-state index in [1.54, 1.807) is 23.5 Å². The van der Waals surface area contributed by atoms with Gasteiger partial charge < -0.3 is 4.98 Å². The summed E-state index contributed by atoms with van der Waals surface area (Å²) in [4.78, 5) is 12.9. The van der Waals surface area contributed by atoms with Crippen molar-refractivity contribution < 1.29 is 0 Å². The molecule has 190 valence electrons. The summed E-state index contributed by atoms with van der Waals surface area (Å²) < 4.78 is 1.48. The number of thiocarbonyl (C=S) groups is 2. The van der Waals surface area contributed by atoms with Crippen LogP contribution in [0.2, 0.25) is 0 Å². The predicted octanol–water partition coefficient (Wildman–Crippen LogP) is 9.05. The zero-order valence-electron chi connectivity index (χ0n) is 21.4. The second kappa shape index (κ2) is 12.7. The molecule has 0 aliphatic carbocycles. The first-order valence-electron chi connectivity index (χ1n) is 12.2. The number of aromatic amines is 1. The highest BCUT2D eigenvalue weighted by atomic mass is 32.2. The molecule has 0 bridgehead atoms. The van der Waals surface area contributed by atoms with E-state index in [9.17, 15) is 0 Å². The van der Waals surface area contributed by atoms with Crippen LogP contribution in [0.25, 0.3) is 11.4 Å². The van der Waals surface area contributed by atoms with Crippen molar-refractivity contribution in [2.75, 3.05) is 21.3 Å². The van der Waals surface area contributed by atoms with Crippen LogP contribution in [-0.4, -0.2) is 30.1 Å². The van der Waals surface area contributed by atoms with Gasteiger partial charge in [-0.2, -0.15) is 0 Å². The molecule has 0 aliphatic rings. The fourth-order valence-corrected chi connectivity index (χ4v) is 6.04. The van der Waals surface area contributed by atoms with Crippen LogP contribution in [0.15, 0.2) is 78.9 Å². The molecular weight excluding hydrogens is 533 g/mol. The Kier molecular flexibility index (Phi) is 9.43. The number of H-pyrrole nitrogens is 1. The predicted molar refractivity (Wildman–Crippen MR) is 172 cm³/mol. The molecule has 4 aromatic rings. The lowest BCUT2D eigenvalue weighted by Crippen LogP contribution is -2.27. The summed E-state index contributed by atoms with van der Waals surface area (Å²) in [6, 6.07) is 26.9. The van der Waals surface area contributed by atoms with E-state index < -0.39 is 0 Å². The van der Waals surface area contributed by atoms with Gasteiger partial charge in [-0.1, -0.05) is 128 Å². The van der Waals surface area contributed by atoms with Gasteiger partial charge in [0.1, 0.15) is 14.5 Å². The molecule has 4 nitrogen and oxygen atoms in total. The van der Waals surface area contributed by atoms with Gasteiger partial charge in [0.2, 0.25) is 0 Å². The number of nitrogens with zero attached hydrogens (tertiary/aromatic N) is 3. The third-order valence-electron chi connectivity index (χ3n) is 5.63. The Balaban J connectivity index is 1.98. The summed E-state index contributed by atoms with van der Waals surface area (Å²) in [6.45, 7) is 8.39. The first kappa shape index (κ1) is 27.4. The summed E-state index contributed by atoms with van der Waals surface area (Å²) in [6.07, 6.45) is 0. The van der Waals surface area contributed by atoms with E-state index in [-0.39, 0.29) is 0 Å². The number of hydrogen-bond donors (Lipinski definition) is 1. The maximum absolute atomic E-state index is 5.98. The molecule has 4 rings (SSSR count). The van der Waals surface area contributed by atoms with Crippen molar-refractivity contribution >= 4 is 79.6 Å². The second-order valence-corrected chi connectivity index (χ2v) is 12.2. The zero-order chi connectivity index (χ0) is 26.4. The molecule has 0 saturated carbocycles. The number of aromatic nitrogens is 2. The van der Waals surface area contributed by atoms with Gasteiger partial charge in [-0.05, 0) is 49.6 Å². The topological polar surface area (TPSA) is 35.2 Å². The van der Waals surface area contributed by atoms with Crippen LogP contribution in [0.5, 0.6) is 0 Å². The van der Waals surface area contributed by atoms with Crippen molar-refractivity contribution in [2.24, 2.45) is 0 Å². The number of benzene rings is 3. The van der Waals surface area contributed by atoms with Crippen LogP contribution >= 0.6 is 48.0 Å². The third-order valence-corrected chi connectivity index (χ3v) is 8.14. The molecule has 1 N–H and O–H groups in total. The van der Waals surface area contributed by atoms with E-state index in [2.05, 4.69) is 103 Å². The van der Waals surface area contributed by atoms with E-state index >= 15 is 0 Å². The average molecular weight is 563 g/mol. The Morgan fingerprint density at radius 2 is 1.22 bits per heavy atom. The first-order valence-corrected chi connectivity index (χ1v) is 14.9. The molecule has 1 heterocycles. The van der Waals surface area contributed by atoms with E-state index in [4.69, 9.17) is 29.4 Å². The summed E-state index contributed by atoms with van der Waals surface area (Å²) in [7, 11) is 0. The van der Waals surface area contributed by atoms with Gasteiger partial charge in [-0.3, -0.25) is 9.80 Å². The first-order chi connectivity index (χ1) is 17.9. The van der Waals surface area contributed by atoms with Gasteiger partial charge in [-0.15, -0.1) is 0 Å². The van der Waals surface area contributed by atoms with E-state index in [1.807, 2.05) is 18.2 Å². The second-order valence-electron chi connectivity index (χ2n) is 8.36. The number of nitrogens with one attached hydrogen (secondary N) is 1. The molecule has 37 heavy (non-hydrogen) atoms. The standard InChI is InChI=1S/C29H30N4S4/c1-5-36-28(34)32(23-16-12-20(3)13-17-23)26-27(31-25(30-26)22-10-8-7-9-11-22)33(29(35)37-6-2)24-18-14-21(4)15-19-24/h7-19H,5-6H2,1-4H3,(H,30,31). The lowest BCUT2D eigenvalue weighted by atomic mass is 10.2. The highest BCUT2D eigenvalue weighted by molar-refractivity contribution is 8.23. The number of imidazole rings is 1. The Labute approximate surface area is 238 Å². The van der Waals surface area contributed by atoms with Gasteiger partial charge >= 0.3 is 0 Å². The highest BCUT2D eigenvalue weighted by Crippen LogP contribution is 2.41. The molecule has 0 amide bonds. The van der Waals surface area contributed by atoms with Crippen molar-refractivity contribution in [3.63, 3.8) is 0 Å². The molecule has 0 atom stereocenters. The highest BCUT2D eigenvalue weighted by Gasteiger charge is 2.29. The molecule has 0 radical (unpaired) electrons. The van der Waals surface area contributed by atoms with E-state index in [1.165, 1.54) is 11.1 Å². The fourth-order valence-electron chi connectivity index (χ4n) is 3.80. The van der Waals surface area contributed by atoms with Crippen molar-refractivity contribution in [1.29, 1.82) is 0 Å². The van der Waals surface area contributed by atoms with Crippen molar-refractivity contribution in [2.45, 2.75) is 27.7 Å². The number of hydrogen-bond acceptors (Lipinski definition) is 5. The number of anilines is 4. The number of thioether (sulfide) groups is 2. The van der Waals surface area contributed by atoms with Crippen LogP contribution in [0.4, 0.5) is 23.0 Å². The normalized spacial score (nSPS) is 10.8. The summed E-state index contributed by atoms with van der Waals surface area (Å²) in [5, 5.41) is 0. The lowest BCUT2D eigenvalue weighted by molar-refractivity contribution is 1.25. The van der Waals surface area contributed by atoms with Gasteiger partial charge in [0.25, 0.3) is 0 Å². The minimum Gasteiger partial charge on any atom is -0.322 e. The van der Waals surface area contributed by atoms with Gasteiger partial charge in [0, 0.05) is 16.9 Å². The molecule has 0 fully saturated rings. The average Bonchev–Trinajstić information content (AvgIpc) is 3.32. The summed E-state index contributed by atoms with van der Waals surface area (Å²) in [5.41, 5.74) is 5.30. The van der Waals surface area contributed by atoms with E-state index in [0.717, 1.165) is 48.7 Å². The molecule has 8 heteroatoms. The molecular formula is C29H30N4S4. The number of aryl methyl sites for hydroxylation is 2. The quantitative estimate of drug-likeness (QED) is 0.225. The summed E-state index contributed by atoms with van der Waals surface area (Å²) in [5.74, 6) is 3.98. The maximum atomic E-state index is 5.98. The zero-order valence-corrected chi connectivity index (χ0v) is 24.7. The molecule has 3 aromatic carbocycles. The minimum atomic E-state index is 0.716. The van der Waals surface area contributed by atoms with Crippen molar-refractivity contribution in [3.05, 3.63) is 90.0 Å². The smallest absolute Gasteiger partial charge is 0.183 e. The van der Waals surface area contributed by atoms with Crippen LogP contribution in [0.3, 0.4) is 0 Å². The Bertz CT molecular complexity index is 1260. The van der Waals surface area contributed by atoms with Gasteiger partial charge in [-0.25, -0.2) is 4.98 Å². The molecule has 0 aliphatic heterocycles. The third kappa shape index (κ3) is 6.44. The van der Waals surface area contributed by atoms with Crippen LogP contribution in [-0.2, 0) is 0 Å². The van der Waals surface area contributed by atoms with Crippen molar-refractivity contribution in [3.8, 4) is 11.4 Å². The monoisotopic (exact) mass is 562 g/mol. The van der Waals surface area contributed by atoms with Crippen LogP contribution in [0.1, 0.15) is 25.0 Å². The van der Waals surface area contributed by atoms with Crippen molar-refractivity contribution in [1.82, 2.24) is 9.97 Å². The molecule has 0 unspecified atom stereocenters. The summed E-state index contributed by atoms with van der Waals surface area (Å²) >= 11 is 15.2. The van der Waals surface area contributed by atoms with Gasteiger partial charge in [0.05, 0.1) is 0 Å². The van der Waals surface area contributed by atoms with E-state index in [0.29, 0.717) is 5.82 Å². The minimum absolute atomic E-state index is 0.716. The van der Waals surface area contributed by atoms with Crippen LogP contribution < -0.4 is 9.80 Å². The molecule has 0 spiro atoms. The maximum Gasteiger partial charge on any atom is 0.183 e. The van der Waals surface area contributed by atoms with Gasteiger partial charge in [0.15, 0.2) is 11.6 Å². The lowest BCUT2D eigenvalue weighted by Gasteiger charge is -2.29. The number of rotatable bonds is 7. The molecule has 0 saturated heterocycles.